The molecule has 2 N–H and O–H groups in total. The second kappa shape index (κ2) is 3.80. The van der Waals surface area contributed by atoms with Gasteiger partial charge < -0.3 is 10.6 Å². The summed E-state index contributed by atoms with van der Waals surface area (Å²) in [5, 5.41) is 0. The van der Waals surface area contributed by atoms with Crippen LogP contribution in [0.5, 0.6) is 0 Å². The van der Waals surface area contributed by atoms with Crippen molar-refractivity contribution in [1.82, 2.24) is 4.90 Å². The third-order valence-corrected chi connectivity index (χ3v) is 1.09. The predicted molar refractivity (Wildman–Crippen MR) is 40.0 cm³/mol. The molecule has 0 saturated carbocycles. The van der Waals surface area contributed by atoms with Crippen LogP contribution in [0.15, 0.2) is 0 Å². The van der Waals surface area contributed by atoms with Crippen LogP contribution >= 0.6 is 12.2 Å². The average molecular weight is 132 g/mol. The molecular weight excluding hydrogens is 120 g/mol. The van der Waals surface area contributed by atoms with Crippen molar-refractivity contribution in [2.75, 3.05) is 20.1 Å². The van der Waals surface area contributed by atoms with Crippen LogP contribution in [0.3, 0.4) is 0 Å². The molecule has 0 atom stereocenters. The number of hydrogen-bond donors (Lipinski definition) is 1. The summed E-state index contributed by atoms with van der Waals surface area (Å²) in [7, 11) is 1.99. The molecule has 48 valence electrons. The van der Waals surface area contributed by atoms with E-state index in [0.29, 0.717) is 4.99 Å². The first kappa shape index (κ1) is 7.85. The van der Waals surface area contributed by atoms with Crippen molar-refractivity contribution >= 4 is 17.2 Å². The lowest BCUT2D eigenvalue weighted by Crippen LogP contribution is -2.28. The SMILES string of the molecule is CCN(C)CC(N)=S. The maximum absolute atomic E-state index is 5.26. The standard InChI is InChI=1S/C5H12N2S/c1-3-7(2)4-5(6)8/h3-4H2,1-2H3,(H2,6,8). The van der Waals surface area contributed by atoms with E-state index in [2.05, 4.69) is 24.0 Å². The Morgan fingerprint density at radius 2 is 2.25 bits per heavy atom. The molecular formula is C5H12N2S. The van der Waals surface area contributed by atoms with Crippen molar-refractivity contribution in [1.29, 1.82) is 0 Å². The maximum atomic E-state index is 5.26. The molecule has 0 fully saturated rings. The van der Waals surface area contributed by atoms with Gasteiger partial charge in [0.05, 0.1) is 4.99 Å². The summed E-state index contributed by atoms with van der Waals surface area (Å²) in [6.07, 6.45) is 0. The second-order valence-corrected chi connectivity index (χ2v) is 2.32. The van der Waals surface area contributed by atoms with Gasteiger partial charge in [-0.25, -0.2) is 0 Å². The normalized spacial score (nSPS) is 9.88. The van der Waals surface area contributed by atoms with Crippen LogP contribution < -0.4 is 5.73 Å². The van der Waals surface area contributed by atoms with Crippen molar-refractivity contribution in [3.05, 3.63) is 0 Å². The minimum absolute atomic E-state index is 0.564. The molecule has 0 aromatic rings. The van der Waals surface area contributed by atoms with E-state index in [1.165, 1.54) is 0 Å². The van der Waals surface area contributed by atoms with Crippen LogP contribution in [0, 0.1) is 0 Å². The fraction of sp³-hybridized carbons (Fsp3) is 0.800. The summed E-state index contributed by atoms with van der Waals surface area (Å²) in [6.45, 7) is 3.79. The summed E-state index contributed by atoms with van der Waals surface area (Å²) in [6, 6.07) is 0. The Labute approximate surface area is 55.7 Å². The van der Waals surface area contributed by atoms with E-state index in [4.69, 9.17) is 5.73 Å². The molecule has 0 unspecified atom stereocenters. The molecule has 0 radical (unpaired) electrons. The summed E-state index contributed by atoms with van der Waals surface area (Å²) in [5.41, 5.74) is 5.26. The highest BCUT2D eigenvalue weighted by atomic mass is 32.1. The highest BCUT2D eigenvalue weighted by molar-refractivity contribution is 7.80. The Hall–Kier alpha value is -0.150. The van der Waals surface area contributed by atoms with Gasteiger partial charge in [0.2, 0.25) is 0 Å². The van der Waals surface area contributed by atoms with Crippen LogP contribution in [0.2, 0.25) is 0 Å². The van der Waals surface area contributed by atoms with E-state index in [1.54, 1.807) is 0 Å². The van der Waals surface area contributed by atoms with Gasteiger partial charge in [0.15, 0.2) is 0 Å². The van der Waals surface area contributed by atoms with Gasteiger partial charge in [0, 0.05) is 6.54 Å². The van der Waals surface area contributed by atoms with Crippen LogP contribution in [0.1, 0.15) is 6.92 Å². The lowest BCUT2D eigenvalue weighted by molar-refractivity contribution is 0.404. The molecule has 0 aliphatic rings. The van der Waals surface area contributed by atoms with Gasteiger partial charge in [-0.2, -0.15) is 0 Å². The monoisotopic (exact) mass is 132 g/mol. The topological polar surface area (TPSA) is 29.3 Å². The average Bonchev–Trinajstić information content (AvgIpc) is 1.65. The van der Waals surface area contributed by atoms with Crippen molar-refractivity contribution in [3.63, 3.8) is 0 Å². The fourth-order valence-corrected chi connectivity index (χ4v) is 0.598. The Morgan fingerprint density at radius 1 is 1.75 bits per heavy atom. The third kappa shape index (κ3) is 4.02. The Balaban J connectivity index is 3.24. The van der Waals surface area contributed by atoms with Crippen molar-refractivity contribution in [3.8, 4) is 0 Å². The van der Waals surface area contributed by atoms with Crippen molar-refractivity contribution in [2.45, 2.75) is 6.92 Å². The van der Waals surface area contributed by atoms with Crippen molar-refractivity contribution in [2.24, 2.45) is 5.73 Å². The van der Waals surface area contributed by atoms with Gasteiger partial charge in [-0.05, 0) is 13.6 Å². The summed E-state index contributed by atoms with van der Waals surface area (Å²) >= 11 is 4.67. The summed E-state index contributed by atoms with van der Waals surface area (Å²) in [5.74, 6) is 0. The molecule has 2 nitrogen and oxygen atoms in total. The molecule has 8 heavy (non-hydrogen) atoms. The number of thiocarbonyl (C=S) groups is 1. The van der Waals surface area contributed by atoms with Gasteiger partial charge in [0.25, 0.3) is 0 Å². The molecule has 0 aliphatic carbocycles. The highest BCUT2D eigenvalue weighted by Crippen LogP contribution is 1.78. The van der Waals surface area contributed by atoms with Crippen LogP contribution in [0.25, 0.3) is 0 Å². The lowest BCUT2D eigenvalue weighted by atomic mass is 10.5. The fourth-order valence-electron chi connectivity index (χ4n) is 0.378. The minimum Gasteiger partial charge on any atom is -0.392 e. The van der Waals surface area contributed by atoms with Gasteiger partial charge in [0.1, 0.15) is 0 Å². The smallest absolute Gasteiger partial charge is 0.0869 e. The van der Waals surface area contributed by atoms with E-state index in [0.717, 1.165) is 13.1 Å². The van der Waals surface area contributed by atoms with E-state index in [1.807, 2.05) is 7.05 Å². The van der Waals surface area contributed by atoms with E-state index < -0.39 is 0 Å². The van der Waals surface area contributed by atoms with E-state index in [-0.39, 0.29) is 0 Å². The predicted octanol–water partition coefficient (Wildman–Crippen LogP) is 0.224. The molecule has 0 heterocycles. The molecule has 0 aliphatic heterocycles. The van der Waals surface area contributed by atoms with Gasteiger partial charge in [-0.1, -0.05) is 19.1 Å². The first-order valence-corrected chi connectivity index (χ1v) is 3.04. The molecule has 0 saturated heterocycles. The highest BCUT2D eigenvalue weighted by Gasteiger charge is 1.92. The Bertz CT molecular complexity index is 82.5. The Kier molecular flexibility index (Phi) is 3.73. The summed E-state index contributed by atoms with van der Waals surface area (Å²) < 4.78 is 0. The van der Waals surface area contributed by atoms with Crippen molar-refractivity contribution < 1.29 is 0 Å². The number of nitrogens with zero attached hydrogens (tertiary/aromatic N) is 1. The zero-order valence-corrected chi connectivity index (χ0v) is 6.16. The molecule has 0 aromatic carbocycles. The van der Waals surface area contributed by atoms with Crippen LogP contribution in [-0.4, -0.2) is 30.0 Å². The van der Waals surface area contributed by atoms with Crippen LogP contribution in [-0.2, 0) is 0 Å². The molecule has 0 aromatic heterocycles. The maximum Gasteiger partial charge on any atom is 0.0869 e. The quantitative estimate of drug-likeness (QED) is 0.557. The molecule has 0 bridgehead atoms. The van der Waals surface area contributed by atoms with Gasteiger partial charge >= 0.3 is 0 Å². The van der Waals surface area contributed by atoms with E-state index >= 15 is 0 Å². The molecule has 0 spiro atoms. The van der Waals surface area contributed by atoms with Gasteiger partial charge in [-0.15, -0.1) is 0 Å². The van der Waals surface area contributed by atoms with E-state index in [9.17, 15) is 0 Å². The van der Waals surface area contributed by atoms with Gasteiger partial charge in [-0.3, -0.25) is 0 Å². The Morgan fingerprint density at radius 3 is 2.38 bits per heavy atom. The minimum atomic E-state index is 0.564. The van der Waals surface area contributed by atoms with Crippen LogP contribution in [0.4, 0.5) is 0 Å². The number of rotatable bonds is 3. The largest absolute Gasteiger partial charge is 0.392 e. The first-order valence-electron chi connectivity index (χ1n) is 2.63. The third-order valence-electron chi connectivity index (χ3n) is 0.966. The number of hydrogen-bond acceptors (Lipinski definition) is 2. The second-order valence-electron chi connectivity index (χ2n) is 1.80. The number of likely N-dealkylation sites (N-methyl/N-ethyl adjacent to an activating group) is 1. The molecule has 0 rings (SSSR count). The molecule has 0 amide bonds. The molecule has 3 heteroatoms. The zero-order valence-electron chi connectivity index (χ0n) is 5.35. The summed E-state index contributed by atoms with van der Waals surface area (Å²) in [4.78, 5) is 2.62. The zero-order chi connectivity index (χ0) is 6.57. The lowest BCUT2D eigenvalue weighted by Gasteiger charge is -2.10. The number of nitrogens with two attached hydrogens (primary N) is 1. The first-order chi connectivity index (χ1) is 3.66.